The van der Waals surface area contributed by atoms with Gasteiger partial charge in [0.15, 0.2) is 5.76 Å². The first kappa shape index (κ1) is 18.5. The summed E-state index contributed by atoms with van der Waals surface area (Å²) in [4.78, 5) is 24.3. The topological polar surface area (TPSA) is 80.6 Å². The number of halogens is 1. The van der Waals surface area contributed by atoms with E-state index in [0.29, 0.717) is 34.3 Å². The Hall–Kier alpha value is -3.25. The number of hydrogen-bond acceptors (Lipinski definition) is 4. The minimum atomic E-state index is -0.346. The lowest BCUT2D eigenvalue weighted by atomic mass is 10.2. The van der Waals surface area contributed by atoms with Crippen LogP contribution in [0.4, 0.5) is 11.4 Å². The highest BCUT2D eigenvalue weighted by Gasteiger charge is 2.11. The van der Waals surface area contributed by atoms with E-state index in [1.54, 1.807) is 54.6 Å². The lowest BCUT2D eigenvalue weighted by Crippen LogP contribution is -2.13. The van der Waals surface area contributed by atoms with E-state index < -0.39 is 0 Å². The number of nitrogens with one attached hydrogen (secondary N) is 2. The van der Waals surface area contributed by atoms with Gasteiger partial charge in [-0.3, -0.25) is 9.59 Å². The Balaban J connectivity index is 1.63. The van der Waals surface area contributed by atoms with Crippen LogP contribution >= 0.6 is 11.6 Å². The molecule has 7 heteroatoms. The van der Waals surface area contributed by atoms with Crippen LogP contribution in [0.25, 0.3) is 0 Å². The molecule has 1 heterocycles. The maximum Gasteiger partial charge on any atom is 0.291 e. The summed E-state index contributed by atoms with van der Waals surface area (Å²) in [7, 11) is 0. The molecule has 0 saturated carbocycles. The van der Waals surface area contributed by atoms with Crippen LogP contribution in [0, 0.1) is 0 Å². The smallest absolute Gasteiger partial charge is 0.291 e. The van der Waals surface area contributed by atoms with Gasteiger partial charge in [-0.25, -0.2) is 0 Å². The monoisotopic (exact) mass is 384 g/mol. The molecule has 6 nitrogen and oxygen atoms in total. The van der Waals surface area contributed by atoms with E-state index in [4.69, 9.17) is 20.8 Å². The molecule has 3 rings (SSSR count). The standard InChI is InChI=1S/C20H17ClN2O4/c1-2-26-17-10-5-13(12-16(17)21)19(24)22-14-6-8-15(9-7-14)23-20(25)18-4-3-11-27-18/h3-12H,2H2,1H3,(H,22,24)(H,23,25). The first-order valence-corrected chi connectivity index (χ1v) is 8.63. The van der Waals surface area contributed by atoms with Crippen LogP contribution in [0.5, 0.6) is 5.75 Å². The third-order valence-corrected chi connectivity index (χ3v) is 3.93. The van der Waals surface area contributed by atoms with Gasteiger partial charge in [-0.05, 0) is 61.5 Å². The van der Waals surface area contributed by atoms with Crippen molar-refractivity contribution in [3.63, 3.8) is 0 Å². The minimum absolute atomic E-state index is 0.222. The van der Waals surface area contributed by atoms with E-state index in [9.17, 15) is 9.59 Å². The molecule has 0 radical (unpaired) electrons. The largest absolute Gasteiger partial charge is 0.492 e. The molecule has 2 aromatic carbocycles. The van der Waals surface area contributed by atoms with E-state index in [-0.39, 0.29) is 17.6 Å². The number of amides is 2. The summed E-state index contributed by atoms with van der Waals surface area (Å²) in [5, 5.41) is 5.86. The molecule has 0 aliphatic heterocycles. The van der Waals surface area contributed by atoms with Gasteiger partial charge in [-0.2, -0.15) is 0 Å². The summed E-state index contributed by atoms with van der Waals surface area (Å²) in [5.74, 6) is 0.111. The molecule has 138 valence electrons. The summed E-state index contributed by atoms with van der Waals surface area (Å²) in [6, 6.07) is 14.8. The highest BCUT2D eigenvalue weighted by molar-refractivity contribution is 6.32. The van der Waals surface area contributed by atoms with E-state index >= 15 is 0 Å². The molecule has 1 aromatic heterocycles. The van der Waals surface area contributed by atoms with Crippen molar-refractivity contribution in [2.24, 2.45) is 0 Å². The lowest BCUT2D eigenvalue weighted by molar-refractivity contribution is 0.0994. The number of ether oxygens (including phenoxy) is 1. The average Bonchev–Trinajstić information content (AvgIpc) is 3.20. The Morgan fingerprint density at radius 3 is 2.22 bits per heavy atom. The summed E-state index contributed by atoms with van der Waals surface area (Å²) >= 11 is 6.11. The van der Waals surface area contributed by atoms with Crippen molar-refractivity contribution in [1.29, 1.82) is 0 Å². The average molecular weight is 385 g/mol. The van der Waals surface area contributed by atoms with Crippen LogP contribution in [-0.2, 0) is 0 Å². The molecule has 3 aromatic rings. The Bertz CT molecular complexity index is 937. The van der Waals surface area contributed by atoms with Crippen molar-refractivity contribution in [2.75, 3.05) is 17.2 Å². The maximum atomic E-state index is 12.4. The fourth-order valence-electron chi connectivity index (χ4n) is 2.36. The van der Waals surface area contributed by atoms with Crippen molar-refractivity contribution in [3.8, 4) is 5.75 Å². The number of carbonyl (C=O) groups excluding carboxylic acids is 2. The second-order valence-electron chi connectivity index (χ2n) is 5.54. The first-order chi connectivity index (χ1) is 13.1. The van der Waals surface area contributed by atoms with Gasteiger partial charge in [0.25, 0.3) is 11.8 Å². The highest BCUT2D eigenvalue weighted by atomic mass is 35.5. The van der Waals surface area contributed by atoms with Crippen molar-refractivity contribution in [3.05, 3.63) is 77.2 Å². The molecular formula is C20H17ClN2O4. The summed E-state index contributed by atoms with van der Waals surface area (Å²) in [5.41, 5.74) is 1.58. The van der Waals surface area contributed by atoms with Crippen LogP contribution in [0.2, 0.25) is 5.02 Å². The molecule has 0 atom stereocenters. The molecule has 0 aliphatic carbocycles. The molecule has 0 saturated heterocycles. The Morgan fingerprint density at radius 2 is 1.67 bits per heavy atom. The fourth-order valence-corrected chi connectivity index (χ4v) is 2.59. The predicted molar refractivity (Wildman–Crippen MR) is 104 cm³/mol. The Kier molecular flexibility index (Phi) is 5.78. The lowest BCUT2D eigenvalue weighted by Gasteiger charge is -2.09. The molecule has 2 N–H and O–H groups in total. The summed E-state index contributed by atoms with van der Waals surface area (Å²) < 4.78 is 10.4. The van der Waals surface area contributed by atoms with Crippen molar-refractivity contribution in [1.82, 2.24) is 0 Å². The maximum absolute atomic E-state index is 12.4. The molecule has 0 aliphatic rings. The second-order valence-corrected chi connectivity index (χ2v) is 5.95. The third-order valence-electron chi connectivity index (χ3n) is 3.64. The number of anilines is 2. The van der Waals surface area contributed by atoms with Gasteiger partial charge in [0.2, 0.25) is 0 Å². The molecule has 0 unspecified atom stereocenters. The van der Waals surface area contributed by atoms with Gasteiger partial charge in [0, 0.05) is 16.9 Å². The zero-order chi connectivity index (χ0) is 19.2. The van der Waals surface area contributed by atoms with Crippen LogP contribution in [0.3, 0.4) is 0 Å². The molecule has 0 spiro atoms. The van der Waals surface area contributed by atoms with E-state index in [1.807, 2.05) is 6.92 Å². The summed E-state index contributed by atoms with van der Waals surface area (Å²) in [6.07, 6.45) is 1.43. The van der Waals surface area contributed by atoms with E-state index in [1.165, 1.54) is 6.26 Å². The zero-order valence-corrected chi connectivity index (χ0v) is 15.2. The summed E-state index contributed by atoms with van der Waals surface area (Å²) in [6.45, 7) is 2.35. The van der Waals surface area contributed by atoms with Gasteiger partial charge < -0.3 is 19.8 Å². The fraction of sp³-hybridized carbons (Fsp3) is 0.100. The van der Waals surface area contributed by atoms with Crippen molar-refractivity contribution < 1.29 is 18.7 Å². The van der Waals surface area contributed by atoms with Gasteiger partial charge in [0.05, 0.1) is 17.9 Å². The van der Waals surface area contributed by atoms with Gasteiger partial charge in [-0.1, -0.05) is 11.6 Å². The van der Waals surface area contributed by atoms with Crippen molar-refractivity contribution >= 4 is 34.8 Å². The highest BCUT2D eigenvalue weighted by Crippen LogP contribution is 2.26. The molecule has 0 fully saturated rings. The molecule has 0 bridgehead atoms. The molecular weight excluding hydrogens is 368 g/mol. The zero-order valence-electron chi connectivity index (χ0n) is 14.5. The second kappa shape index (κ2) is 8.42. The van der Waals surface area contributed by atoms with Crippen LogP contribution in [-0.4, -0.2) is 18.4 Å². The number of rotatable bonds is 6. The normalized spacial score (nSPS) is 10.3. The SMILES string of the molecule is CCOc1ccc(C(=O)Nc2ccc(NC(=O)c3ccco3)cc2)cc1Cl. The van der Waals surface area contributed by atoms with E-state index in [0.717, 1.165) is 0 Å². The third kappa shape index (κ3) is 4.68. The number of hydrogen-bond donors (Lipinski definition) is 2. The number of benzene rings is 2. The molecule has 2 amide bonds. The van der Waals surface area contributed by atoms with Crippen LogP contribution < -0.4 is 15.4 Å². The quantitative estimate of drug-likeness (QED) is 0.637. The molecule has 27 heavy (non-hydrogen) atoms. The Morgan fingerprint density at radius 1 is 1.00 bits per heavy atom. The Labute approximate surface area is 161 Å². The first-order valence-electron chi connectivity index (χ1n) is 8.25. The van der Waals surface area contributed by atoms with Gasteiger partial charge in [0.1, 0.15) is 5.75 Å². The van der Waals surface area contributed by atoms with E-state index in [2.05, 4.69) is 10.6 Å². The van der Waals surface area contributed by atoms with Crippen LogP contribution in [0.1, 0.15) is 27.8 Å². The number of furan rings is 1. The van der Waals surface area contributed by atoms with Gasteiger partial charge >= 0.3 is 0 Å². The van der Waals surface area contributed by atoms with Crippen molar-refractivity contribution in [2.45, 2.75) is 6.92 Å². The van der Waals surface area contributed by atoms with Gasteiger partial charge in [-0.15, -0.1) is 0 Å². The number of carbonyl (C=O) groups is 2. The predicted octanol–water partition coefficient (Wildman–Crippen LogP) is 4.84. The minimum Gasteiger partial charge on any atom is -0.492 e. The van der Waals surface area contributed by atoms with Crippen LogP contribution in [0.15, 0.2) is 65.3 Å².